The summed E-state index contributed by atoms with van der Waals surface area (Å²) in [4.78, 5) is 33.6. The first kappa shape index (κ1) is 23.4. The molecule has 0 spiro atoms. The average Bonchev–Trinajstić information content (AvgIpc) is 2.82. The molecule has 0 N–H and O–H groups in total. The number of rotatable bonds is 6. The molecule has 0 bridgehead atoms. The van der Waals surface area contributed by atoms with Crippen molar-refractivity contribution in [2.75, 3.05) is 6.54 Å². The monoisotopic (exact) mass is 457 g/mol. The smallest absolute Gasteiger partial charge is 0.266 e. The molecule has 0 radical (unpaired) electrons. The molecule has 174 valence electrons. The number of carbonyl (C=O) groups is 1. The Morgan fingerprint density at radius 3 is 2.47 bits per heavy atom. The van der Waals surface area contributed by atoms with Crippen LogP contribution >= 0.6 is 0 Å². The van der Waals surface area contributed by atoms with Gasteiger partial charge in [-0.2, -0.15) is 0 Å². The van der Waals surface area contributed by atoms with E-state index >= 15 is 0 Å². The SMILES string of the molecule is CCCN(C(=O)c1ccccc1F)C(C)c1nc2ccccc2c(=O)n1-c1ccc(C)cc1C. The molecule has 1 atom stereocenters. The predicted molar refractivity (Wildman–Crippen MR) is 133 cm³/mol. The summed E-state index contributed by atoms with van der Waals surface area (Å²) in [5.41, 5.74) is 3.09. The van der Waals surface area contributed by atoms with Crippen molar-refractivity contribution >= 4 is 16.8 Å². The number of aryl methyl sites for hydroxylation is 2. The molecule has 0 saturated heterocycles. The van der Waals surface area contributed by atoms with Crippen LogP contribution in [0.25, 0.3) is 16.6 Å². The van der Waals surface area contributed by atoms with Gasteiger partial charge in [-0.25, -0.2) is 9.37 Å². The first-order valence-electron chi connectivity index (χ1n) is 11.5. The lowest BCUT2D eigenvalue weighted by Gasteiger charge is -2.31. The van der Waals surface area contributed by atoms with Crippen LogP contribution in [0.15, 0.2) is 71.5 Å². The number of halogens is 1. The highest BCUT2D eigenvalue weighted by Crippen LogP contribution is 2.26. The second-order valence-corrected chi connectivity index (χ2v) is 8.57. The van der Waals surface area contributed by atoms with Crippen LogP contribution in [0.1, 0.15) is 53.6 Å². The largest absolute Gasteiger partial charge is 0.329 e. The molecule has 6 heteroatoms. The Balaban J connectivity index is 1.95. The molecular weight excluding hydrogens is 429 g/mol. The quantitative estimate of drug-likeness (QED) is 0.370. The number of hydrogen-bond donors (Lipinski definition) is 0. The van der Waals surface area contributed by atoms with E-state index in [-0.39, 0.29) is 11.1 Å². The third kappa shape index (κ3) is 4.23. The molecule has 1 unspecified atom stereocenters. The molecule has 1 aromatic heterocycles. The number of benzene rings is 3. The third-order valence-corrected chi connectivity index (χ3v) is 6.07. The molecule has 1 amide bonds. The van der Waals surface area contributed by atoms with E-state index in [4.69, 9.17) is 4.98 Å². The van der Waals surface area contributed by atoms with Crippen LogP contribution in [-0.2, 0) is 0 Å². The zero-order chi connectivity index (χ0) is 24.4. The van der Waals surface area contributed by atoms with Crippen molar-refractivity contribution in [1.82, 2.24) is 14.5 Å². The van der Waals surface area contributed by atoms with Gasteiger partial charge >= 0.3 is 0 Å². The third-order valence-electron chi connectivity index (χ3n) is 6.07. The molecule has 0 aliphatic carbocycles. The van der Waals surface area contributed by atoms with Crippen LogP contribution in [0.2, 0.25) is 0 Å². The second kappa shape index (κ2) is 9.59. The summed E-state index contributed by atoms with van der Waals surface area (Å²) in [6, 6.07) is 18.5. The number of aromatic nitrogens is 2. The molecule has 0 saturated carbocycles. The van der Waals surface area contributed by atoms with Crippen LogP contribution in [0.3, 0.4) is 0 Å². The standard InChI is InChI=1S/C28H28FN3O2/c1-5-16-31(27(33)21-10-6-8-12-23(21)29)20(4)26-30-24-13-9-7-11-22(24)28(34)32(26)25-15-14-18(2)17-19(25)3/h6-15,17,20H,5,16H2,1-4H3. The summed E-state index contributed by atoms with van der Waals surface area (Å²) in [6.07, 6.45) is 0.673. The Morgan fingerprint density at radius 2 is 1.76 bits per heavy atom. The van der Waals surface area contributed by atoms with Gasteiger partial charge in [0.2, 0.25) is 0 Å². The van der Waals surface area contributed by atoms with Crippen molar-refractivity contribution in [1.29, 1.82) is 0 Å². The van der Waals surface area contributed by atoms with E-state index in [1.54, 1.807) is 33.7 Å². The van der Waals surface area contributed by atoms with Gasteiger partial charge < -0.3 is 4.90 Å². The van der Waals surface area contributed by atoms with E-state index in [1.807, 2.05) is 58.0 Å². The minimum absolute atomic E-state index is 0.00371. The Bertz CT molecular complexity index is 1430. The number of nitrogens with zero attached hydrogens (tertiary/aromatic N) is 3. The van der Waals surface area contributed by atoms with Gasteiger partial charge in [0, 0.05) is 6.54 Å². The fourth-order valence-corrected chi connectivity index (χ4v) is 4.36. The van der Waals surface area contributed by atoms with E-state index in [9.17, 15) is 14.0 Å². The van der Waals surface area contributed by atoms with Crippen molar-refractivity contribution < 1.29 is 9.18 Å². The highest BCUT2D eigenvalue weighted by molar-refractivity contribution is 5.94. The van der Waals surface area contributed by atoms with Crippen LogP contribution in [0, 0.1) is 19.7 Å². The normalized spacial score (nSPS) is 12.0. The molecule has 34 heavy (non-hydrogen) atoms. The maximum absolute atomic E-state index is 14.5. The maximum atomic E-state index is 14.5. The Hall–Kier alpha value is -3.80. The second-order valence-electron chi connectivity index (χ2n) is 8.57. The predicted octanol–water partition coefficient (Wildman–Crippen LogP) is 5.76. The Morgan fingerprint density at radius 1 is 1.06 bits per heavy atom. The van der Waals surface area contributed by atoms with Crippen LogP contribution in [0.5, 0.6) is 0 Å². The molecule has 0 aliphatic rings. The van der Waals surface area contributed by atoms with Crippen molar-refractivity contribution in [3.8, 4) is 5.69 Å². The highest BCUT2D eigenvalue weighted by atomic mass is 19.1. The molecule has 3 aromatic carbocycles. The van der Waals surface area contributed by atoms with Gasteiger partial charge in [0.25, 0.3) is 11.5 Å². The summed E-state index contributed by atoms with van der Waals surface area (Å²) in [7, 11) is 0. The summed E-state index contributed by atoms with van der Waals surface area (Å²) >= 11 is 0. The zero-order valence-corrected chi connectivity index (χ0v) is 19.9. The number of amides is 1. The van der Waals surface area contributed by atoms with E-state index < -0.39 is 17.8 Å². The minimum Gasteiger partial charge on any atom is -0.329 e. The van der Waals surface area contributed by atoms with Gasteiger partial charge in [-0.3, -0.25) is 14.2 Å². The van der Waals surface area contributed by atoms with Crippen molar-refractivity contribution in [3.63, 3.8) is 0 Å². The molecule has 0 aliphatic heterocycles. The Labute approximate surface area is 198 Å². The van der Waals surface area contributed by atoms with Crippen molar-refractivity contribution in [3.05, 3.63) is 105 Å². The minimum atomic E-state index is -0.579. The van der Waals surface area contributed by atoms with Crippen molar-refractivity contribution in [2.24, 2.45) is 0 Å². The number of carbonyl (C=O) groups excluding carboxylic acids is 1. The molecular formula is C28H28FN3O2. The number of fused-ring (bicyclic) bond motifs is 1. The molecule has 5 nitrogen and oxygen atoms in total. The van der Waals surface area contributed by atoms with Gasteiger partial charge in [-0.1, -0.05) is 48.9 Å². The van der Waals surface area contributed by atoms with E-state index in [0.29, 0.717) is 35.4 Å². The fraction of sp³-hybridized carbons (Fsp3) is 0.250. The highest BCUT2D eigenvalue weighted by Gasteiger charge is 2.28. The van der Waals surface area contributed by atoms with Gasteiger partial charge in [-0.15, -0.1) is 0 Å². The molecule has 4 aromatic rings. The first-order chi connectivity index (χ1) is 16.3. The topological polar surface area (TPSA) is 55.2 Å². The zero-order valence-electron chi connectivity index (χ0n) is 19.9. The lowest BCUT2D eigenvalue weighted by atomic mass is 10.1. The van der Waals surface area contributed by atoms with Crippen molar-refractivity contribution in [2.45, 2.75) is 40.2 Å². The van der Waals surface area contributed by atoms with E-state index in [0.717, 1.165) is 11.1 Å². The van der Waals surface area contributed by atoms with E-state index in [2.05, 4.69) is 0 Å². The molecule has 0 fully saturated rings. The number of para-hydroxylation sites is 1. The summed E-state index contributed by atoms with van der Waals surface area (Å²) in [6.45, 7) is 8.14. The average molecular weight is 458 g/mol. The van der Waals surface area contributed by atoms with Gasteiger partial charge in [0.1, 0.15) is 11.6 Å². The Kier molecular flexibility index (Phi) is 6.59. The van der Waals surface area contributed by atoms with E-state index in [1.165, 1.54) is 12.1 Å². The van der Waals surface area contributed by atoms with Crippen LogP contribution < -0.4 is 5.56 Å². The molecule has 4 rings (SSSR count). The summed E-state index contributed by atoms with van der Waals surface area (Å²) in [5, 5.41) is 0.501. The first-order valence-corrected chi connectivity index (χ1v) is 11.5. The van der Waals surface area contributed by atoms with Gasteiger partial charge in [0.15, 0.2) is 0 Å². The molecule has 1 heterocycles. The lowest BCUT2D eigenvalue weighted by Crippen LogP contribution is -2.38. The number of hydrogen-bond acceptors (Lipinski definition) is 3. The van der Waals surface area contributed by atoms with Crippen LogP contribution in [0.4, 0.5) is 4.39 Å². The lowest BCUT2D eigenvalue weighted by molar-refractivity contribution is 0.0676. The summed E-state index contributed by atoms with van der Waals surface area (Å²) in [5.74, 6) is -0.560. The maximum Gasteiger partial charge on any atom is 0.266 e. The fourth-order valence-electron chi connectivity index (χ4n) is 4.36. The van der Waals surface area contributed by atoms with Crippen LogP contribution in [-0.4, -0.2) is 26.9 Å². The van der Waals surface area contributed by atoms with Gasteiger partial charge in [0.05, 0.1) is 28.2 Å². The van der Waals surface area contributed by atoms with Gasteiger partial charge in [-0.05, 0) is 63.1 Å². The summed E-state index contributed by atoms with van der Waals surface area (Å²) < 4.78 is 16.1.